The van der Waals surface area contributed by atoms with E-state index in [2.05, 4.69) is 42.0 Å². The zero-order chi connectivity index (χ0) is 16.5. The summed E-state index contributed by atoms with van der Waals surface area (Å²) in [5.74, 6) is 0.316. The summed E-state index contributed by atoms with van der Waals surface area (Å²) in [7, 11) is 0. The van der Waals surface area contributed by atoms with Crippen LogP contribution in [0.2, 0.25) is 0 Å². The Hall–Kier alpha value is -3.13. The number of benzene rings is 4. The Balaban J connectivity index is 1.98. The van der Waals surface area contributed by atoms with Gasteiger partial charge in [-0.2, -0.15) is 0 Å². The van der Waals surface area contributed by atoms with Crippen LogP contribution in [-0.4, -0.2) is 11.8 Å². The van der Waals surface area contributed by atoms with Crippen molar-refractivity contribution in [3.8, 4) is 5.75 Å². The average Bonchev–Trinajstić information content (AvgIpc) is 2.64. The molecule has 0 fully saturated rings. The van der Waals surface area contributed by atoms with Gasteiger partial charge in [0.05, 0.1) is 5.69 Å². The Kier molecular flexibility index (Phi) is 3.51. The molecule has 2 heteroatoms. The van der Waals surface area contributed by atoms with E-state index in [4.69, 9.17) is 0 Å². The highest BCUT2D eigenvalue weighted by molar-refractivity contribution is 5.92. The minimum atomic E-state index is 0.316. The number of phenolic OH excluding ortho intramolecular Hbond substituents is 1. The number of aromatic hydroxyl groups is 1. The molecule has 0 aliphatic carbocycles. The molecule has 2 nitrogen and oxygen atoms in total. The molecule has 0 atom stereocenters. The van der Waals surface area contributed by atoms with Crippen LogP contribution in [0, 0.1) is 0 Å². The van der Waals surface area contributed by atoms with Gasteiger partial charge in [0.2, 0.25) is 0 Å². The Labute approximate surface area is 140 Å². The van der Waals surface area contributed by atoms with E-state index >= 15 is 0 Å². The third-order valence-corrected chi connectivity index (χ3v) is 4.56. The molecule has 4 aromatic rings. The van der Waals surface area contributed by atoms with Gasteiger partial charge < -0.3 is 5.11 Å². The quantitative estimate of drug-likeness (QED) is 0.489. The summed E-state index contributed by atoms with van der Waals surface area (Å²) in [5.41, 5.74) is 2.88. The fraction of sp³-hybridized carbons (Fsp3) is 0.0455. The Morgan fingerprint density at radius 2 is 1.29 bits per heavy atom. The first-order chi connectivity index (χ1) is 11.8. The van der Waals surface area contributed by atoms with Crippen molar-refractivity contribution in [2.45, 2.75) is 6.42 Å². The van der Waals surface area contributed by atoms with Crippen LogP contribution in [0.4, 0.5) is 5.69 Å². The molecule has 0 aliphatic rings. The minimum absolute atomic E-state index is 0.316. The second-order valence-electron chi connectivity index (χ2n) is 5.90. The number of aliphatic imine (C=N–C) groups is 1. The van der Waals surface area contributed by atoms with Gasteiger partial charge in [0.25, 0.3) is 0 Å². The summed E-state index contributed by atoms with van der Waals surface area (Å²) in [4.78, 5) is 4.19. The second-order valence-corrected chi connectivity index (χ2v) is 5.90. The minimum Gasteiger partial charge on any atom is -0.508 e. The van der Waals surface area contributed by atoms with Gasteiger partial charge in [-0.25, -0.2) is 0 Å². The van der Waals surface area contributed by atoms with Crippen LogP contribution in [0.5, 0.6) is 5.75 Å². The molecule has 0 unspecified atom stereocenters. The monoisotopic (exact) mass is 311 g/mol. The van der Waals surface area contributed by atoms with E-state index in [0.29, 0.717) is 12.2 Å². The fourth-order valence-corrected chi connectivity index (χ4v) is 3.35. The molecule has 0 amide bonds. The molecule has 0 aromatic heterocycles. The number of nitrogens with zero attached hydrogens (tertiary/aromatic N) is 1. The molecule has 0 bridgehead atoms. The number of hydrogen-bond donors (Lipinski definition) is 1. The molecule has 0 heterocycles. The normalized spacial score (nSPS) is 11.0. The lowest BCUT2D eigenvalue weighted by Gasteiger charge is -2.13. The lowest BCUT2D eigenvalue weighted by molar-refractivity contribution is 0.470. The van der Waals surface area contributed by atoms with E-state index < -0.39 is 0 Å². The van der Waals surface area contributed by atoms with Gasteiger partial charge in [-0.1, -0.05) is 60.7 Å². The maximum absolute atomic E-state index is 10.5. The predicted molar refractivity (Wildman–Crippen MR) is 102 cm³/mol. The zero-order valence-electron chi connectivity index (χ0n) is 13.2. The molecule has 24 heavy (non-hydrogen) atoms. The van der Waals surface area contributed by atoms with Crippen LogP contribution in [0.3, 0.4) is 0 Å². The average molecular weight is 311 g/mol. The SMILES string of the molecule is C=Nc1ccc2ccccc2c1Cc1c(O)ccc2ccccc12. The molecule has 0 radical (unpaired) electrons. The molecular weight excluding hydrogens is 294 g/mol. The third kappa shape index (κ3) is 2.33. The van der Waals surface area contributed by atoms with E-state index in [1.807, 2.05) is 36.4 Å². The third-order valence-electron chi connectivity index (χ3n) is 4.56. The summed E-state index contributed by atoms with van der Waals surface area (Å²) < 4.78 is 0. The predicted octanol–water partition coefficient (Wildman–Crippen LogP) is 5.62. The topological polar surface area (TPSA) is 32.6 Å². The van der Waals surface area contributed by atoms with Gasteiger partial charge in [0.1, 0.15) is 5.75 Å². The van der Waals surface area contributed by atoms with Crippen molar-refractivity contribution >= 4 is 33.9 Å². The molecule has 0 aliphatic heterocycles. The summed E-state index contributed by atoms with van der Waals surface area (Å²) in [6.45, 7) is 3.71. The molecule has 4 rings (SSSR count). The van der Waals surface area contributed by atoms with Gasteiger partial charge in [-0.05, 0) is 46.0 Å². The maximum atomic E-state index is 10.5. The molecular formula is C22H17NO. The van der Waals surface area contributed by atoms with Crippen LogP contribution in [0.1, 0.15) is 11.1 Å². The summed E-state index contributed by atoms with van der Waals surface area (Å²) in [6.07, 6.45) is 0.614. The highest BCUT2D eigenvalue weighted by Gasteiger charge is 2.13. The number of phenols is 1. The van der Waals surface area contributed by atoms with E-state index in [-0.39, 0.29) is 0 Å². The van der Waals surface area contributed by atoms with E-state index in [9.17, 15) is 5.11 Å². The van der Waals surface area contributed by atoms with Crippen LogP contribution in [-0.2, 0) is 6.42 Å². The van der Waals surface area contributed by atoms with Crippen molar-refractivity contribution in [3.05, 3.63) is 83.9 Å². The second kappa shape index (κ2) is 5.82. The largest absolute Gasteiger partial charge is 0.508 e. The maximum Gasteiger partial charge on any atom is 0.119 e. The highest BCUT2D eigenvalue weighted by Crippen LogP contribution is 2.35. The first-order valence-electron chi connectivity index (χ1n) is 7.95. The molecule has 1 N–H and O–H groups in total. The Bertz CT molecular complexity index is 1070. The van der Waals surface area contributed by atoms with Crippen LogP contribution >= 0.6 is 0 Å². The smallest absolute Gasteiger partial charge is 0.119 e. The Morgan fingerprint density at radius 1 is 0.708 bits per heavy atom. The van der Waals surface area contributed by atoms with Gasteiger partial charge in [-0.3, -0.25) is 4.99 Å². The molecule has 0 spiro atoms. The van der Waals surface area contributed by atoms with Crippen molar-refractivity contribution in [1.82, 2.24) is 0 Å². The van der Waals surface area contributed by atoms with Gasteiger partial charge in [-0.15, -0.1) is 0 Å². The number of hydrogen-bond acceptors (Lipinski definition) is 2. The first kappa shape index (κ1) is 14.5. The molecule has 0 saturated carbocycles. The van der Waals surface area contributed by atoms with Crippen LogP contribution in [0.15, 0.2) is 77.8 Å². The highest BCUT2D eigenvalue weighted by atomic mass is 16.3. The lowest BCUT2D eigenvalue weighted by atomic mass is 9.93. The number of rotatable bonds is 3. The van der Waals surface area contributed by atoms with E-state index in [1.165, 1.54) is 5.39 Å². The Morgan fingerprint density at radius 3 is 1.96 bits per heavy atom. The summed E-state index contributed by atoms with van der Waals surface area (Å²) >= 11 is 0. The zero-order valence-corrected chi connectivity index (χ0v) is 13.2. The summed E-state index contributed by atoms with van der Waals surface area (Å²) in [5, 5.41) is 15.0. The van der Waals surface area contributed by atoms with Crippen molar-refractivity contribution in [2.75, 3.05) is 0 Å². The first-order valence-corrected chi connectivity index (χ1v) is 7.95. The van der Waals surface area contributed by atoms with E-state index in [1.54, 1.807) is 6.07 Å². The van der Waals surface area contributed by atoms with Crippen molar-refractivity contribution in [2.24, 2.45) is 4.99 Å². The van der Waals surface area contributed by atoms with E-state index in [0.717, 1.165) is 33.0 Å². The van der Waals surface area contributed by atoms with Crippen molar-refractivity contribution < 1.29 is 5.11 Å². The molecule has 4 aromatic carbocycles. The fourth-order valence-electron chi connectivity index (χ4n) is 3.35. The van der Waals surface area contributed by atoms with Gasteiger partial charge in [0, 0.05) is 12.0 Å². The lowest BCUT2D eigenvalue weighted by Crippen LogP contribution is -1.93. The standard InChI is InChI=1S/C22H17NO/c1-23-21-12-10-15-6-2-4-8-17(15)19(21)14-20-18-9-5-3-7-16(18)11-13-22(20)24/h2-13,24H,1,14H2. The van der Waals surface area contributed by atoms with Crippen molar-refractivity contribution in [3.63, 3.8) is 0 Å². The van der Waals surface area contributed by atoms with Crippen molar-refractivity contribution in [1.29, 1.82) is 0 Å². The summed E-state index contributed by atoms with van der Waals surface area (Å²) in [6, 6.07) is 24.1. The van der Waals surface area contributed by atoms with Gasteiger partial charge in [0.15, 0.2) is 0 Å². The van der Waals surface area contributed by atoms with Crippen LogP contribution in [0.25, 0.3) is 21.5 Å². The van der Waals surface area contributed by atoms with Crippen LogP contribution < -0.4 is 0 Å². The number of fused-ring (bicyclic) bond motifs is 2. The van der Waals surface area contributed by atoms with Gasteiger partial charge >= 0.3 is 0 Å². The molecule has 116 valence electrons. The molecule has 0 saturated heterocycles.